The summed E-state index contributed by atoms with van der Waals surface area (Å²) in [6.07, 6.45) is 5.14. The Balaban J connectivity index is 1.76. The van der Waals surface area contributed by atoms with Crippen molar-refractivity contribution in [1.82, 2.24) is 5.32 Å². The molecule has 3 rings (SSSR count). The van der Waals surface area contributed by atoms with Crippen molar-refractivity contribution in [2.24, 2.45) is 5.92 Å². The molecule has 0 spiro atoms. The molecule has 0 bridgehead atoms. The van der Waals surface area contributed by atoms with Crippen LogP contribution in [-0.2, 0) is 5.41 Å². The molecule has 0 saturated heterocycles. The van der Waals surface area contributed by atoms with Crippen LogP contribution in [0.25, 0.3) is 0 Å². The first kappa shape index (κ1) is 11.2. The number of benzene rings is 1. The maximum Gasteiger partial charge on any atom is 0.123 e. The minimum atomic E-state index is -0.132. The molecule has 0 amide bonds. The third-order valence-electron chi connectivity index (χ3n) is 4.43. The van der Waals surface area contributed by atoms with Crippen LogP contribution >= 0.6 is 0 Å². The smallest absolute Gasteiger partial charge is 0.123 e. The van der Waals surface area contributed by atoms with Crippen LogP contribution in [0.1, 0.15) is 38.2 Å². The summed E-state index contributed by atoms with van der Waals surface area (Å²) in [4.78, 5) is 0. The quantitative estimate of drug-likeness (QED) is 0.823. The maximum absolute atomic E-state index is 13.0. The monoisotopic (exact) mass is 233 g/mol. The standard InChI is InChI=1S/C15H20FN/c1-2-11-9-15(11,10-17-14-7-8-14)12-3-5-13(16)6-4-12/h3-6,11,14,17H,2,7-10H2,1H3. The highest BCUT2D eigenvalue weighted by atomic mass is 19.1. The van der Waals surface area contributed by atoms with Crippen molar-refractivity contribution in [2.75, 3.05) is 6.54 Å². The van der Waals surface area contributed by atoms with Gasteiger partial charge in [0.2, 0.25) is 0 Å². The average Bonchev–Trinajstić information content (AvgIpc) is 3.23. The number of rotatable bonds is 5. The lowest BCUT2D eigenvalue weighted by molar-refractivity contribution is 0.520. The van der Waals surface area contributed by atoms with Crippen LogP contribution in [0.3, 0.4) is 0 Å². The Bertz CT molecular complexity index is 396. The molecule has 2 aliphatic rings. The highest BCUT2D eigenvalue weighted by Crippen LogP contribution is 2.55. The van der Waals surface area contributed by atoms with Gasteiger partial charge in [0.15, 0.2) is 0 Å². The van der Waals surface area contributed by atoms with E-state index in [1.54, 1.807) is 12.1 Å². The normalized spacial score (nSPS) is 31.5. The molecular weight excluding hydrogens is 213 g/mol. The molecule has 2 saturated carbocycles. The van der Waals surface area contributed by atoms with E-state index in [-0.39, 0.29) is 5.82 Å². The van der Waals surface area contributed by atoms with Crippen molar-refractivity contribution in [3.8, 4) is 0 Å². The molecular formula is C15H20FN. The largest absolute Gasteiger partial charge is 0.313 e. The second kappa shape index (κ2) is 4.09. The van der Waals surface area contributed by atoms with Gasteiger partial charge in [-0.3, -0.25) is 0 Å². The van der Waals surface area contributed by atoms with E-state index in [1.165, 1.54) is 31.2 Å². The van der Waals surface area contributed by atoms with Crippen molar-refractivity contribution in [1.29, 1.82) is 0 Å². The predicted octanol–water partition coefficient (Wildman–Crippen LogP) is 3.25. The summed E-state index contributed by atoms with van der Waals surface area (Å²) in [6, 6.07) is 7.89. The lowest BCUT2D eigenvalue weighted by Crippen LogP contribution is -2.30. The number of hydrogen-bond donors (Lipinski definition) is 1. The molecule has 92 valence electrons. The molecule has 1 aromatic rings. The van der Waals surface area contributed by atoms with Gasteiger partial charge in [0.05, 0.1) is 0 Å². The van der Waals surface area contributed by atoms with E-state index in [4.69, 9.17) is 0 Å². The molecule has 0 aromatic heterocycles. The topological polar surface area (TPSA) is 12.0 Å². The molecule has 1 aromatic carbocycles. The van der Waals surface area contributed by atoms with Gasteiger partial charge in [-0.2, -0.15) is 0 Å². The molecule has 2 unspecified atom stereocenters. The summed E-state index contributed by atoms with van der Waals surface area (Å²) in [6.45, 7) is 3.33. The van der Waals surface area contributed by atoms with E-state index in [2.05, 4.69) is 12.2 Å². The van der Waals surface area contributed by atoms with Gasteiger partial charge in [-0.15, -0.1) is 0 Å². The Morgan fingerprint density at radius 1 is 1.29 bits per heavy atom. The molecule has 2 atom stereocenters. The van der Waals surface area contributed by atoms with Gasteiger partial charge in [0.25, 0.3) is 0 Å². The lowest BCUT2D eigenvalue weighted by Gasteiger charge is -2.18. The Morgan fingerprint density at radius 2 is 2.00 bits per heavy atom. The Hall–Kier alpha value is -0.890. The van der Waals surface area contributed by atoms with E-state index in [1.807, 2.05) is 12.1 Å². The lowest BCUT2D eigenvalue weighted by atomic mass is 9.92. The van der Waals surface area contributed by atoms with Crippen molar-refractivity contribution >= 4 is 0 Å². The zero-order valence-electron chi connectivity index (χ0n) is 10.4. The number of nitrogens with one attached hydrogen (secondary N) is 1. The van der Waals surface area contributed by atoms with Crippen molar-refractivity contribution in [3.63, 3.8) is 0 Å². The zero-order chi connectivity index (χ0) is 11.9. The van der Waals surface area contributed by atoms with Crippen LogP contribution in [0.2, 0.25) is 0 Å². The fourth-order valence-corrected chi connectivity index (χ4v) is 2.98. The van der Waals surface area contributed by atoms with Crippen molar-refractivity contribution < 1.29 is 4.39 Å². The predicted molar refractivity (Wildman–Crippen MR) is 67.5 cm³/mol. The summed E-state index contributed by atoms with van der Waals surface area (Å²) in [7, 11) is 0. The SMILES string of the molecule is CCC1CC1(CNC1CC1)c1ccc(F)cc1. The van der Waals surface area contributed by atoms with E-state index in [9.17, 15) is 4.39 Å². The first-order valence-corrected chi connectivity index (χ1v) is 6.74. The first-order chi connectivity index (χ1) is 8.24. The summed E-state index contributed by atoms with van der Waals surface area (Å²) in [5.41, 5.74) is 1.62. The van der Waals surface area contributed by atoms with Gasteiger partial charge in [-0.05, 0) is 42.9 Å². The highest BCUT2D eigenvalue weighted by molar-refractivity contribution is 5.34. The fraction of sp³-hybridized carbons (Fsp3) is 0.600. The molecule has 17 heavy (non-hydrogen) atoms. The van der Waals surface area contributed by atoms with Crippen molar-refractivity contribution in [3.05, 3.63) is 35.6 Å². The molecule has 2 fully saturated rings. The van der Waals surface area contributed by atoms with E-state index >= 15 is 0 Å². The third-order valence-corrected chi connectivity index (χ3v) is 4.43. The number of halogens is 1. The van der Waals surface area contributed by atoms with E-state index < -0.39 is 0 Å². The van der Waals surface area contributed by atoms with Gasteiger partial charge in [-0.25, -0.2) is 4.39 Å². The van der Waals surface area contributed by atoms with Gasteiger partial charge in [-0.1, -0.05) is 25.5 Å². The van der Waals surface area contributed by atoms with Gasteiger partial charge in [0.1, 0.15) is 5.82 Å². The summed E-state index contributed by atoms with van der Waals surface area (Å²) < 4.78 is 13.0. The van der Waals surface area contributed by atoms with Crippen LogP contribution < -0.4 is 5.32 Å². The highest BCUT2D eigenvalue weighted by Gasteiger charge is 2.53. The minimum Gasteiger partial charge on any atom is -0.313 e. The Morgan fingerprint density at radius 3 is 2.53 bits per heavy atom. The first-order valence-electron chi connectivity index (χ1n) is 6.74. The molecule has 0 aliphatic heterocycles. The van der Waals surface area contributed by atoms with Crippen molar-refractivity contribution in [2.45, 2.75) is 44.1 Å². The summed E-state index contributed by atoms with van der Waals surface area (Å²) in [5.74, 6) is 0.645. The van der Waals surface area contributed by atoms with Crippen LogP contribution in [0.15, 0.2) is 24.3 Å². The molecule has 0 radical (unpaired) electrons. The Kier molecular flexibility index (Phi) is 2.70. The van der Waals surface area contributed by atoms with Crippen LogP contribution in [0.5, 0.6) is 0 Å². The molecule has 1 N–H and O–H groups in total. The average molecular weight is 233 g/mol. The summed E-state index contributed by atoms with van der Waals surface area (Å²) in [5, 5.41) is 3.64. The number of hydrogen-bond acceptors (Lipinski definition) is 1. The van der Waals surface area contributed by atoms with Gasteiger partial charge in [0, 0.05) is 18.0 Å². The second-order valence-corrected chi connectivity index (χ2v) is 5.63. The third kappa shape index (κ3) is 2.11. The van der Waals surface area contributed by atoms with E-state index in [0.29, 0.717) is 5.41 Å². The van der Waals surface area contributed by atoms with E-state index in [0.717, 1.165) is 18.5 Å². The maximum atomic E-state index is 13.0. The van der Waals surface area contributed by atoms with Gasteiger partial charge < -0.3 is 5.32 Å². The fourth-order valence-electron chi connectivity index (χ4n) is 2.98. The molecule has 0 heterocycles. The van der Waals surface area contributed by atoms with Crippen LogP contribution in [0, 0.1) is 11.7 Å². The molecule has 2 heteroatoms. The van der Waals surface area contributed by atoms with Crippen LogP contribution in [-0.4, -0.2) is 12.6 Å². The minimum absolute atomic E-state index is 0.132. The van der Waals surface area contributed by atoms with Gasteiger partial charge >= 0.3 is 0 Å². The molecule has 2 aliphatic carbocycles. The zero-order valence-corrected chi connectivity index (χ0v) is 10.4. The second-order valence-electron chi connectivity index (χ2n) is 5.63. The molecule has 1 nitrogen and oxygen atoms in total. The summed E-state index contributed by atoms with van der Waals surface area (Å²) >= 11 is 0. The van der Waals surface area contributed by atoms with Crippen LogP contribution in [0.4, 0.5) is 4.39 Å². The Labute approximate surface area is 102 Å².